The molecule has 1 aliphatic rings. The first kappa shape index (κ1) is 23.3. The van der Waals surface area contributed by atoms with Gasteiger partial charge in [0.2, 0.25) is 0 Å². The summed E-state index contributed by atoms with van der Waals surface area (Å²) in [5.41, 5.74) is 3.03. The maximum Gasteiger partial charge on any atom is 0.192 e. The molecule has 4 nitrogen and oxygen atoms in total. The van der Waals surface area contributed by atoms with Gasteiger partial charge in [0.05, 0.1) is 11.3 Å². The minimum atomic E-state index is -1.84. The molecular formula is C22H36N2O2SSi. The minimum absolute atomic E-state index is 0.0831. The summed E-state index contributed by atoms with van der Waals surface area (Å²) in [6, 6.07) is 6.03. The summed E-state index contributed by atoms with van der Waals surface area (Å²) in [7, 11) is -2.98. The highest BCUT2D eigenvalue weighted by molar-refractivity contribution is 7.84. The Hall–Kier alpha value is -1.00. The van der Waals surface area contributed by atoms with Crippen molar-refractivity contribution in [3.05, 3.63) is 40.7 Å². The van der Waals surface area contributed by atoms with Gasteiger partial charge < -0.3 is 4.43 Å². The molecule has 0 amide bonds. The molecule has 0 spiro atoms. The van der Waals surface area contributed by atoms with Crippen molar-refractivity contribution in [3.63, 3.8) is 0 Å². The molecule has 0 fully saturated rings. The molecule has 0 saturated carbocycles. The smallest absolute Gasteiger partial charge is 0.192 e. The van der Waals surface area contributed by atoms with Crippen molar-refractivity contribution in [1.29, 1.82) is 0 Å². The van der Waals surface area contributed by atoms with E-state index in [2.05, 4.69) is 49.1 Å². The van der Waals surface area contributed by atoms with Crippen LogP contribution in [-0.2, 0) is 21.8 Å². The number of nitrogens with zero attached hydrogens (tertiary/aromatic N) is 2. The predicted molar refractivity (Wildman–Crippen MR) is 122 cm³/mol. The Labute approximate surface area is 175 Å². The normalized spacial score (nSPS) is 18.8. The van der Waals surface area contributed by atoms with Crippen molar-refractivity contribution in [2.75, 3.05) is 13.2 Å². The van der Waals surface area contributed by atoms with Gasteiger partial charge in [-0.05, 0) is 62.9 Å². The Morgan fingerprint density at radius 2 is 1.89 bits per heavy atom. The van der Waals surface area contributed by atoms with Crippen LogP contribution in [0.2, 0.25) is 18.1 Å². The lowest BCUT2D eigenvalue weighted by molar-refractivity contribution is 0.230. The van der Waals surface area contributed by atoms with Crippen molar-refractivity contribution in [3.8, 4) is 0 Å². The molecule has 0 radical (unpaired) electrons. The van der Waals surface area contributed by atoms with Crippen molar-refractivity contribution >= 4 is 25.0 Å². The third kappa shape index (κ3) is 4.94. The van der Waals surface area contributed by atoms with Gasteiger partial charge in [0.15, 0.2) is 14.0 Å². The van der Waals surface area contributed by atoms with E-state index in [4.69, 9.17) is 11.0 Å². The molecule has 0 unspecified atom stereocenters. The third-order valence-electron chi connectivity index (χ3n) is 6.00. The average molecular weight is 421 g/mol. The SMILES string of the molecule is [C-]#[N+]c1cccc2c1CC[C@@H]2N(CCO[Si](C)(C)C(C)(C)C)[S@](=O)C(C)(C)C. The highest BCUT2D eigenvalue weighted by Crippen LogP contribution is 2.42. The summed E-state index contributed by atoms with van der Waals surface area (Å²) >= 11 is 0. The third-order valence-corrected chi connectivity index (χ3v) is 12.4. The molecule has 0 aromatic heterocycles. The first-order valence-corrected chi connectivity index (χ1v) is 14.1. The lowest BCUT2D eigenvalue weighted by Gasteiger charge is -2.38. The van der Waals surface area contributed by atoms with Crippen LogP contribution in [-0.4, -0.2) is 34.7 Å². The van der Waals surface area contributed by atoms with E-state index in [1.807, 2.05) is 32.9 Å². The number of hydrogen-bond donors (Lipinski definition) is 0. The van der Waals surface area contributed by atoms with Crippen LogP contribution in [0, 0.1) is 6.57 Å². The zero-order valence-electron chi connectivity index (χ0n) is 18.8. The molecule has 28 heavy (non-hydrogen) atoms. The van der Waals surface area contributed by atoms with Gasteiger partial charge in [-0.1, -0.05) is 39.0 Å². The Balaban J connectivity index is 2.27. The van der Waals surface area contributed by atoms with Crippen LogP contribution in [0.15, 0.2) is 18.2 Å². The van der Waals surface area contributed by atoms with Crippen LogP contribution >= 0.6 is 0 Å². The van der Waals surface area contributed by atoms with Crippen molar-refractivity contribution in [1.82, 2.24) is 4.31 Å². The van der Waals surface area contributed by atoms with Crippen LogP contribution < -0.4 is 0 Å². The maximum absolute atomic E-state index is 13.4. The molecule has 1 aromatic rings. The summed E-state index contributed by atoms with van der Waals surface area (Å²) in [5.74, 6) is 0. The molecule has 156 valence electrons. The van der Waals surface area contributed by atoms with Crippen molar-refractivity contribution < 1.29 is 8.63 Å². The van der Waals surface area contributed by atoms with Crippen LogP contribution in [0.25, 0.3) is 4.85 Å². The van der Waals surface area contributed by atoms with E-state index in [-0.39, 0.29) is 15.8 Å². The van der Waals surface area contributed by atoms with E-state index in [0.29, 0.717) is 13.2 Å². The Morgan fingerprint density at radius 1 is 1.25 bits per heavy atom. The van der Waals surface area contributed by atoms with Gasteiger partial charge in [0, 0.05) is 19.2 Å². The fourth-order valence-electron chi connectivity index (χ4n) is 3.33. The molecule has 0 bridgehead atoms. The van der Waals surface area contributed by atoms with Gasteiger partial charge in [0.1, 0.15) is 11.0 Å². The zero-order valence-corrected chi connectivity index (χ0v) is 20.6. The number of benzene rings is 1. The Bertz CT molecular complexity index is 772. The first-order chi connectivity index (χ1) is 12.8. The quantitative estimate of drug-likeness (QED) is 0.417. The molecule has 1 aliphatic carbocycles. The Morgan fingerprint density at radius 3 is 2.43 bits per heavy atom. The van der Waals surface area contributed by atoms with Gasteiger partial charge in [0.25, 0.3) is 0 Å². The van der Waals surface area contributed by atoms with E-state index in [9.17, 15) is 4.21 Å². The minimum Gasteiger partial charge on any atom is -0.415 e. The summed E-state index contributed by atoms with van der Waals surface area (Å²) in [5, 5.41) is 0.158. The fraction of sp³-hybridized carbons (Fsp3) is 0.682. The highest BCUT2D eigenvalue weighted by Gasteiger charge is 2.39. The van der Waals surface area contributed by atoms with E-state index >= 15 is 0 Å². The molecule has 2 rings (SSSR count). The molecule has 0 N–H and O–H groups in total. The second kappa shape index (κ2) is 8.39. The van der Waals surface area contributed by atoms with Crippen LogP contribution in [0.4, 0.5) is 5.69 Å². The second-order valence-electron chi connectivity index (χ2n) is 10.1. The first-order valence-electron chi connectivity index (χ1n) is 10.1. The van der Waals surface area contributed by atoms with Gasteiger partial charge in [-0.25, -0.2) is 13.4 Å². The largest absolute Gasteiger partial charge is 0.415 e. The van der Waals surface area contributed by atoms with Crippen LogP contribution in [0.1, 0.15) is 65.1 Å². The summed E-state index contributed by atoms with van der Waals surface area (Å²) in [6.07, 6.45) is 1.78. The molecule has 0 saturated heterocycles. The topological polar surface area (TPSA) is 33.9 Å². The van der Waals surface area contributed by atoms with Gasteiger partial charge in [-0.15, -0.1) is 0 Å². The standard InChI is InChI=1S/C22H36N2O2SSi/c1-21(2,3)27(25)24(15-16-26-28(8,9)22(4,5)6)20-14-13-17-18(20)11-10-12-19(17)23-7/h10-12,20H,13-16H2,1-6,8-9H3/t20-,27+/m0/s1. The lowest BCUT2D eigenvalue weighted by atomic mass is 10.1. The molecule has 0 heterocycles. The summed E-state index contributed by atoms with van der Waals surface area (Å²) in [4.78, 5) is 3.69. The molecule has 6 heteroatoms. The maximum atomic E-state index is 13.4. The molecule has 2 atom stereocenters. The summed E-state index contributed by atoms with van der Waals surface area (Å²) in [6.45, 7) is 26.0. The zero-order chi connectivity index (χ0) is 21.3. The van der Waals surface area contributed by atoms with Gasteiger partial charge in [-0.2, -0.15) is 0 Å². The van der Waals surface area contributed by atoms with E-state index in [1.54, 1.807) is 0 Å². The predicted octanol–water partition coefficient (Wildman–Crippen LogP) is 6.01. The number of fused-ring (bicyclic) bond motifs is 1. The average Bonchev–Trinajstić information content (AvgIpc) is 3.00. The number of rotatable bonds is 6. The van der Waals surface area contributed by atoms with E-state index in [0.717, 1.165) is 24.1 Å². The highest BCUT2D eigenvalue weighted by atomic mass is 32.2. The van der Waals surface area contributed by atoms with Gasteiger partial charge in [-0.3, -0.25) is 0 Å². The van der Waals surface area contributed by atoms with E-state index < -0.39 is 19.3 Å². The van der Waals surface area contributed by atoms with Crippen LogP contribution in [0.5, 0.6) is 0 Å². The van der Waals surface area contributed by atoms with Crippen molar-refractivity contribution in [2.24, 2.45) is 0 Å². The number of hydrogen-bond acceptors (Lipinski definition) is 2. The fourth-order valence-corrected chi connectivity index (χ4v) is 5.76. The molecule has 1 aromatic carbocycles. The summed E-state index contributed by atoms with van der Waals surface area (Å²) < 4.78 is 21.6. The molecule has 0 aliphatic heterocycles. The molecular weight excluding hydrogens is 384 g/mol. The van der Waals surface area contributed by atoms with E-state index in [1.165, 1.54) is 5.56 Å². The monoisotopic (exact) mass is 420 g/mol. The Kier molecular flexibility index (Phi) is 6.98. The van der Waals surface area contributed by atoms with Crippen LogP contribution in [0.3, 0.4) is 0 Å². The lowest BCUT2D eigenvalue weighted by Crippen LogP contribution is -2.45. The van der Waals surface area contributed by atoms with Crippen molar-refractivity contribution in [2.45, 2.75) is 83.3 Å². The second-order valence-corrected chi connectivity index (χ2v) is 17.1. The van der Waals surface area contributed by atoms with Gasteiger partial charge >= 0.3 is 0 Å².